The number of nitrogens with one attached hydrogen (secondary N) is 2. The van der Waals surface area contributed by atoms with Crippen LogP contribution in [0.1, 0.15) is 28.4 Å². The van der Waals surface area contributed by atoms with E-state index in [1.165, 1.54) is 5.56 Å². The molecule has 27 heavy (non-hydrogen) atoms. The van der Waals surface area contributed by atoms with Crippen LogP contribution in [0.3, 0.4) is 0 Å². The number of ether oxygens (including phenoxy) is 1. The van der Waals surface area contributed by atoms with E-state index in [2.05, 4.69) is 27.8 Å². The van der Waals surface area contributed by atoms with Gasteiger partial charge in [0.1, 0.15) is 11.4 Å². The highest BCUT2D eigenvalue weighted by atomic mass is 35.5. The molecule has 140 valence electrons. The van der Waals surface area contributed by atoms with E-state index in [4.69, 9.17) is 4.74 Å². The zero-order valence-corrected chi connectivity index (χ0v) is 15.9. The van der Waals surface area contributed by atoms with E-state index in [-0.39, 0.29) is 18.3 Å². The third kappa shape index (κ3) is 4.04. The number of carbonyl (C=O) groups is 1. The molecule has 2 N–H and O–H groups in total. The second kappa shape index (κ2) is 8.37. The second-order valence-electron chi connectivity index (χ2n) is 6.49. The van der Waals surface area contributed by atoms with Gasteiger partial charge in [0.05, 0.1) is 12.6 Å². The summed E-state index contributed by atoms with van der Waals surface area (Å²) in [5.41, 5.74) is 3.14. The average Bonchev–Trinajstić information content (AvgIpc) is 3.22. The zero-order chi connectivity index (χ0) is 17.9. The molecule has 0 bridgehead atoms. The molecule has 0 radical (unpaired) electrons. The quantitative estimate of drug-likeness (QED) is 0.715. The van der Waals surface area contributed by atoms with Crippen LogP contribution >= 0.6 is 12.4 Å². The minimum atomic E-state index is -0.246. The van der Waals surface area contributed by atoms with Crippen molar-refractivity contribution in [2.24, 2.45) is 0 Å². The summed E-state index contributed by atoms with van der Waals surface area (Å²) in [4.78, 5) is 17.1. The number of fused-ring (bicyclic) bond motifs is 1. The average molecular weight is 384 g/mol. The van der Waals surface area contributed by atoms with Gasteiger partial charge in [-0.25, -0.2) is 4.98 Å². The Morgan fingerprint density at radius 2 is 1.96 bits per heavy atom. The van der Waals surface area contributed by atoms with Crippen molar-refractivity contribution in [2.75, 3.05) is 25.5 Å². The normalized spacial score (nSPS) is 16.0. The molecule has 5 nitrogen and oxygen atoms in total. The molecule has 4 rings (SSSR count). The molecule has 3 aromatic rings. The van der Waals surface area contributed by atoms with Crippen LogP contribution in [0.25, 0.3) is 10.9 Å². The SMILES string of the molecule is COc1cc(C(=O)Nc2ccc(C3CCNC3)cc2)nc2ccccc12.Cl. The van der Waals surface area contributed by atoms with E-state index in [1.807, 2.05) is 36.4 Å². The van der Waals surface area contributed by atoms with Crippen molar-refractivity contribution in [3.05, 3.63) is 65.9 Å². The molecule has 1 atom stereocenters. The Kier molecular flexibility index (Phi) is 5.94. The lowest BCUT2D eigenvalue weighted by Crippen LogP contribution is -2.14. The fourth-order valence-electron chi connectivity index (χ4n) is 3.40. The topological polar surface area (TPSA) is 63.2 Å². The standard InChI is InChI=1S/C21H21N3O2.ClH/c1-26-20-12-19(24-18-5-3-2-4-17(18)20)21(25)23-16-8-6-14(7-9-16)15-10-11-22-13-15;/h2-9,12,15,22H,10-11,13H2,1H3,(H,23,25);1H. The first-order chi connectivity index (χ1) is 12.7. The number of anilines is 1. The highest BCUT2D eigenvalue weighted by Crippen LogP contribution is 2.26. The van der Waals surface area contributed by atoms with Gasteiger partial charge in [0.15, 0.2) is 0 Å². The molecule has 0 aliphatic carbocycles. The number of nitrogens with zero attached hydrogens (tertiary/aromatic N) is 1. The lowest BCUT2D eigenvalue weighted by molar-refractivity contribution is 0.102. The van der Waals surface area contributed by atoms with Crippen LogP contribution in [-0.4, -0.2) is 31.1 Å². The zero-order valence-electron chi connectivity index (χ0n) is 15.1. The van der Waals surface area contributed by atoms with Gasteiger partial charge >= 0.3 is 0 Å². The van der Waals surface area contributed by atoms with Gasteiger partial charge in [0.25, 0.3) is 5.91 Å². The molecule has 1 aliphatic heterocycles. The van der Waals surface area contributed by atoms with Crippen molar-refractivity contribution in [1.29, 1.82) is 0 Å². The Bertz CT molecular complexity index is 938. The van der Waals surface area contributed by atoms with Crippen LogP contribution in [0, 0.1) is 0 Å². The fourth-order valence-corrected chi connectivity index (χ4v) is 3.40. The number of rotatable bonds is 4. The van der Waals surface area contributed by atoms with Crippen molar-refractivity contribution in [1.82, 2.24) is 10.3 Å². The molecule has 1 unspecified atom stereocenters. The molecule has 0 saturated carbocycles. The van der Waals surface area contributed by atoms with Gasteiger partial charge in [0, 0.05) is 23.7 Å². The van der Waals surface area contributed by atoms with E-state index in [1.54, 1.807) is 13.2 Å². The van der Waals surface area contributed by atoms with Crippen LogP contribution in [-0.2, 0) is 0 Å². The molecule has 6 heteroatoms. The number of pyridine rings is 1. The van der Waals surface area contributed by atoms with Crippen molar-refractivity contribution in [3.63, 3.8) is 0 Å². The van der Waals surface area contributed by atoms with Crippen molar-refractivity contribution >= 4 is 34.9 Å². The molecule has 1 aliphatic rings. The van der Waals surface area contributed by atoms with Crippen LogP contribution in [0.2, 0.25) is 0 Å². The molecule has 1 amide bonds. The summed E-state index contributed by atoms with van der Waals surface area (Å²) < 4.78 is 5.42. The van der Waals surface area contributed by atoms with Crippen molar-refractivity contribution in [3.8, 4) is 5.75 Å². The Morgan fingerprint density at radius 1 is 1.19 bits per heavy atom. The van der Waals surface area contributed by atoms with Gasteiger partial charge in [-0.15, -0.1) is 12.4 Å². The Hall–Kier alpha value is -2.63. The molecule has 1 fully saturated rings. The number of carbonyl (C=O) groups excluding carboxylic acids is 1. The summed E-state index contributed by atoms with van der Waals surface area (Å²) in [7, 11) is 1.60. The van der Waals surface area contributed by atoms with Crippen LogP contribution in [0.15, 0.2) is 54.6 Å². The van der Waals surface area contributed by atoms with E-state index in [0.29, 0.717) is 17.4 Å². The van der Waals surface area contributed by atoms with Gasteiger partial charge in [-0.1, -0.05) is 24.3 Å². The lowest BCUT2D eigenvalue weighted by Gasteiger charge is -2.11. The second-order valence-corrected chi connectivity index (χ2v) is 6.49. The number of benzene rings is 2. The molecule has 1 saturated heterocycles. The molecule has 0 spiro atoms. The third-order valence-electron chi connectivity index (χ3n) is 4.83. The summed E-state index contributed by atoms with van der Waals surface area (Å²) in [5, 5.41) is 7.18. The van der Waals surface area contributed by atoms with Crippen LogP contribution in [0.4, 0.5) is 5.69 Å². The minimum absolute atomic E-state index is 0. The number of hydrogen-bond acceptors (Lipinski definition) is 4. The summed E-state index contributed by atoms with van der Waals surface area (Å²) in [6.45, 7) is 2.09. The van der Waals surface area contributed by atoms with Crippen molar-refractivity contribution in [2.45, 2.75) is 12.3 Å². The summed E-state index contributed by atoms with van der Waals surface area (Å²) >= 11 is 0. The van der Waals surface area contributed by atoms with Gasteiger partial charge < -0.3 is 15.4 Å². The van der Waals surface area contributed by atoms with E-state index in [9.17, 15) is 4.79 Å². The maximum Gasteiger partial charge on any atom is 0.274 e. The largest absolute Gasteiger partial charge is 0.496 e. The molecule has 2 heterocycles. The highest BCUT2D eigenvalue weighted by molar-refractivity contribution is 6.05. The molecular weight excluding hydrogens is 362 g/mol. The van der Waals surface area contributed by atoms with Gasteiger partial charge in [-0.2, -0.15) is 0 Å². The van der Waals surface area contributed by atoms with Gasteiger partial charge in [-0.05, 0) is 48.7 Å². The van der Waals surface area contributed by atoms with Crippen LogP contribution < -0.4 is 15.4 Å². The first kappa shape index (κ1) is 19.1. The molecule has 2 aromatic carbocycles. The fraction of sp³-hybridized carbons (Fsp3) is 0.238. The van der Waals surface area contributed by atoms with Gasteiger partial charge in [0.2, 0.25) is 0 Å². The number of methoxy groups -OCH3 is 1. The third-order valence-corrected chi connectivity index (χ3v) is 4.83. The van der Waals surface area contributed by atoms with Crippen molar-refractivity contribution < 1.29 is 9.53 Å². The minimum Gasteiger partial charge on any atom is -0.496 e. The smallest absolute Gasteiger partial charge is 0.274 e. The Morgan fingerprint density at radius 3 is 2.67 bits per heavy atom. The maximum absolute atomic E-state index is 12.6. The first-order valence-corrected chi connectivity index (χ1v) is 8.80. The predicted octanol–water partition coefficient (Wildman–Crippen LogP) is 3.99. The predicted molar refractivity (Wildman–Crippen MR) is 110 cm³/mol. The number of para-hydroxylation sites is 1. The summed E-state index contributed by atoms with van der Waals surface area (Å²) in [5.74, 6) is 0.959. The highest BCUT2D eigenvalue weighted by Gasteiger charge is 2.17. The first-order valence-electron chi connectivity index (χ1n) is 8.80. The Labute approximate surface area is 164 Å². The number of hydrogen-bond donors (Lipinski definition) is 2. The van der Waals surface area contributed by atoms with E-state index in [0.717, 1.165) is 36.1 Å². The van der Waals surface area contributed by atoms with E-state index >= 15 is 0 Å². The van der Waals surface area contributed by atoms with E-state index < -0.39 is 0 Å². The van der Waals surface area contributed by atoms with Crippen LogP contribution in [0.5, 0.6) is 5.75 Å². The number of halogens is 1. The molecular formula is C21H22ClN3O2. The Balaban J connectivity index is 0.00000210. The van der Waals surface area contributed by atoms with Gasteiger partial charge in [-0.3, -0.25) is 4.79 Å². The maximum atomic E-state index is 12.6. The molecule has 1 aromatic heterocycles. The summed E-state index contributed by atoms with van der Waals surface area (Å²) in [6, 6.07) is 17.4. The number of amides is 1. The monoisotopic (exact) mass is 383 g/mol. The lowest BCUT2D eigenvalue weighted by atomic mass is 9.98. The number of aromatic nitrogens is 1. The summed E-state index contributed by atoms with van der Waals surface area (Å²) in [6.07, 6.45) is 1.16.